The van der Waals surface area contributed by atoms with Crippen molar-refractivity contribution in [3.8, 4) is 6.07 Å². The van der Waals surface area contributed by atoms with Crippen LogP contribution in [0.2, 0.25) is 0 Å². The summed E-state index contributed by atoms with van der Waals surface area (Å²) in [5.74, 6) is -0.590. The third kappa shape index (κ3) is 1.53. The summed E-state index contributed by atoms with van der Waals surface area (Å²) in [6.45, 7) is 1.17. The number of aliphatic hydroxyl groups is 1. The molecule has 2 atom stereocenters. The summed E-state index contributed by atoms with van der Waals surface area (Å²) in [6.07, 6.45) is 0.245. The van der Waals surface area contributed by atoms with E-state index in [2.05, 4.69) is 0 Å². The Morgan fingerprint density at radius 3 is 2.50 bits per heavy atom. The molecule has 0 aromatic carbocycles. The number of aldehydes is 1. The molecule has 0 saturated carbocycles. The van der Waals surface area contributed by atoms with Crippen molar-refractivity contribution in [1.82, 2.24) is 0 Å². The monoisotopic (exact) mass is 217 g/mol. The maximum absolute atomic E-state index is 11.2. The zero-order valence-corrected chi connectivity index (χ0v) is 8.54. The molecule has 1 heterocycles. The van der Waals surface area contributed by atoms with Crippen molar-refractivity contribution in [2.45, 2.75) is 18.9 Å². The van der Waals surface area contributed by atoms with Crippen molar-refractivity contribution in [3.05, 3.63) is 0 Å². The summed E-state index contributed by atoms with van der Waals surface area (Å²) in [4.78, 5) is 10.6. The molecule has 14 heavy (non-hydrogen) atoms. The van der Waals surface area contributed by atoms with E-state index >= 15 is 0 Å². The van der Waals surface area contributed by atoms with E-state index in [1.807, 2.05) is 0 Å². The van der Waals surface area contributed by atoms with Crippen LogP contribution in [0, 0.1) is 16.7 Å². The Hall–Kier alpha value is -0.930. The van der Waals surface area contributed by atoms with Crippen LogP contribution in [0.1, 0.15) is 13.3 Å². The van der Waals surface area contributed by atoms with E-state index in [4.69, 9.17) is 5.26 Å². The zero-order chi connectivity index (χ0) is 11.0. The minimum atomic E-state index is -3.30. The predicted molar refractivity (Wildman–Crippen MR) is 48.0 cm³/mol. The van der Waals surface area contributed by atoms with Crippen LogP contribution in [0.15, 0.2) is 0 Å². The van der Waals surface area contributed by atoms with Crippen LogP contribution < -0.4 is 0 Å². The standard InChI is InChI=1S/C8H11NO4S/c1-7(11,5-10)8(4-9)2-3-14(12,13)6-8/h5,11H,2-3,6H2,1H3. The maximum Gasteiger partial charge on any atom is 0.152 e. The van der Waals surface area contributed by atoms with Gasteiger partial charge in [0, 0.05) is 0 Å². The van der Waals surface area contributed by atoms with Crippen LogP contribution >= 0.6 is 0 Å². The highest BCUT2D eigenvalue weighted by atomic mass is 32.2. The molecule has 1 fully saturated rings. The van der Waals surface area contributed by atoms with Gasteiger partial charge < -0.3 is 9.90 Å². The average Bonchev–Trinajstić information content (AvgIpc) is 2.43. The Morgan fingerprint density at radius 2 is 2.21 bits per heavy atom. The number of carbonyl (C=O) groups excluding carboxylic acids is 1. The summed E-state index contributed by atoms with van der Waals surface area (Å²) in [5.41, 5.74) is -3.38. The molecule has 0 aromatic rings. The molecule has 1 N–H and O–H groups in total. The van der Waals surface area contributed by atoms with E-state index in [9.17, 15) is 18.3 Å². The summed E-state index contributed by atoms with van der Waals surface area (Å²) in [5, 5.41) is 18.5. The first-order valence-electron chi connectivity index (χ1n) is 4.09. The first-order valence-corrected chi connectivity index (χ1v) is 5.91. The Bertz CT molecular complexity index is 392. The van der Waals surface area contributed by atoms with Gasteiger partial charge in [0.2, 0.25) is 0 Å². The molecule has 1 aliphatic heterocycles. The van der Waals surface area contributed by atoms with Gasteiger partial charge in [-0.2, -0.15) is 5.26 Å². The van der Waals surface area contributed by atoms with Crippen LogP contribution in [0.25, 0.3) is 0 Å². The largest absolute Gasteiger partial charge is 0.381 e. The summed E-state index contributed by atoms with van der Waals surface area (Å²) < 4.78 is 22.4. The molecule has 0 aromatic heterocycles. The molecular formula is C8H11NO4S. The minimum Gasteiger partial charge on any atom is -0.381 e. The topological polar surface area (TPSA) is 95.2 Å². The van der Waals surface area contributed by atoms with Gasteiger partial charge in [-0.15, -0.1) is 0 Å². The molecule has 0 spiro atoms. The Balaban J connectivity index is 3.17. The van der Waals surface area contributed by atoms with Crippen LogP contribution in [-0.2, 0) is 14.6 Å². The van der Waals surface area contributed by atoms with Gasteiger partial charge in [0.1, 0.15) is 11.0 Å². The second kappa shape index (κ2) is 3.04. The highest BCUT2D eigenvalue weighted by Gasteiger charge is 2.54. The molecule has 1 rings (SSSR count). The smallest absolute Gasteiger partial charge is 0.152 e. The van der Waals surface area contributed by atoms with Crippen molar-refractivity contribution >= 4 is 16.1 Å². The van der Waals surface area contributed by atoms with Gasteiger partial charge in [-0.1, -0.05) is 0 Å². The number of carbonyl (C=O) groups is 1. The van der Waals surface area contributed by atoms with Gasteiger partial charge in [0.25, 0.3) is 0 Å². The van der Waals surface area contributed by atoms with Crippen LogP contribution in [-0.4, -0.2) is 36.9 Å². The van der Waals surface area contributed by atoms with E-state index in [1.54, 1.807) is 6.07 Å². The normalized spacial score (nSPS) is 34.4. The summed E-state index contributed by atoms with van der Waals surface area (Å²) in [7, 11) is -3.30. The Labute approximate surface area is 82.3 Å². The second-order valence-corrected chi connectivity index (χ2v) is 5.99. The Morgan fingerprint density at radius 1 is 1.64 bits per heavy atom. The quantitative estimate of drug-likeness (QED) is 0.615. The fourth-order valence-corrected chi connectivity index (χ4v) is 3.62. The molecule has 0 amide bonds. The third-order valence-electron chi connectivity index (χ3n) is 2.72. The molecule has 2 unspecified atom stereocenters. The van der Waals surface area contributed by atoms with E-state index in [1.165, 1.54) is 6.92 Å². The van der Waals surface area contributed by atoms with Gasteiger partial charge in [0.05, 0.1) is 17.6 Å². The fraction of sp³-hybridized carbons (Fsp3) is 0.750. The highest BCUT2D eigenvalue weighted by molar-refractivity contribution is 7.91. The van der Waals surface area contributed by atoms with E-state index in [0.29, 0.717) is 0 Å². The molecule has 1 saturated heterocycles. The number of nitriles is 1. The summed E-state index contributed by atoms with van der Waals surface area (Å²) >= 11 is 0. The van der Waals surface area contributed by atoms with E-state index in [0.717, 1.165) is 0 Å². The Kier molecular flexibility index (Phi) is 2.42. The average molecular weight is 217 g/mol. The van der Waals surface area contributed by atoms with E-state index in [-0.39, 0.29) is 18.5 Å². The van der Waals surface area contributed by atoms with E-state index < -0.39 is 26.6 Å². The molecular weight excluding hydrogens is 206 g/mol. The highest BCUT2D eigenvalue weighted by Crippen LogP contribution is 2.40. The van der Waals surface area contributed by atoms with Crippen LogP contribution in [0.3, 0.4) is 0 Å². The van der Waals surface area contributed by atoms with Crippen LogP contribution in [0.5, 0.6) is 0 Å². The predicted octanol–water partition coefficient (Wildman–Crippen LogP) is -0.735. The van der Waals surface area contributed by atoms with Gasteiger partial charge >= 0.3 is 0 Å². The molecule has 0 bridgehead atoms. The molecule has 5 nitrogen and oxygen atoms in total. The molecule has 0 aliphatic carbocycles. The molecule has 6 heteroatoms. The van der Waals surface area contributed by atoms with Gasteiger partial charge in [-0.05, 0) is 13.3 Å². The lowest BCUT2D eigenvalue weighted by Crippen LogP contribution is -2.47. The first kappa shape index (κ1) is 11.1. The molecule has 0 radical (unpaired) electrons. The fourth-order valence-electron chi connectivity index (χ4n) is 1.56. The maximum atomic E-state index is 11.2. The molecule has 1 aliphatic rings. The van der Waals surface area contributed by atoms with Crippen LogP contribution in [0.4, 0.5) is 0 Å². The number of hydrogen-bond donors (Lipinski definition) is 1. The second-order valence-electron chi connectivity index (χ2n) is 3.80. The van der Waals surface area contributed by atoms with Crippen molar-refractivity contribution in [3.63, 3.8) is 0 Å². The first-order chi connectivity index (χ1) is 6.29. The van der Waals surface area contributed by atoms with Gasteiger partial charge in [-0.25, -0.2) is 8.42 Å². The number of nitrogens with zero attached hydrogens (tertiary/aromatic N) is 1. The third-order valence-corrected chi connectivity index (χ3v) is 4.48. The lowest BCUT2D eigenvalue weighted by atomic mass is 9.74. The van der Waals surface area contributed by atoms with Crippen molar-refractivity contribution in [2.24, 2.45) is 5.41 Å². The number of rotatable bonds is 2. The zero-order valence-electron chi connectivity index (χ0n) is 7.73. The summed E-state index contributed by atoms with van der Waals surface area (Å²) in [6, 6.07) is 1.76. The van der Waals surface area contributed by atoms with Crippen molar-refractivity contribution in [1.29, 1.82) is 5.26 Å². The van der Waals surface area contributed by atoms with Gasteiger partial charge in [-0.3, -0.25) is 0 Å². The minimum absolute atomic E-state index is 0.0115. The lowest BCUT2D eigenvalue weighted by Gasteiger charge is -2.30. The van der Waals surface area contributed by atoms with Crippen molar-refractivity contribution < 1.29 is 18.3 Å². The SMILES string of the molecule is CC(O)(C=O)C1(C#N)CCS(=O)(=O)C1. The van der Waals surface area contributed by atoms with Gasteiger partial charge in [0.15, 0.2) is 16.1 Å². The number of hydrogen-bond acceptors (Lipinski definition) is 5. The number of sulfone groups is 1. The lowest BCUT2D eigenvalue weighted by molar-refractivity contribution is -0.130. The molecule has 78 valence electrons. The van der Waals surface area contributed by atoms with Crippen molar-refractivity contribution in [2.75, 3.05) is 11.5 Å².